The fourth-order valence-corrected chi connectivity index (χ4v) is 4.30. The van der Waals surface area contributed by atoms with Crippen molar-refractivity contribution in [1.29, 1.82) is 0 Å². The molecule has 96 valence electrons. The Morgan fingerprint density at radius 1 is 1.41 bits per heavy atom. The first-order chi connectivity index (χ1) is 7.88. The molecule has 2 saturated carbocycles. The molecule has 0 aromatic heterocycles. The zero-order valence-corrected chi connectivity index (χ0v) is 11.2. The molecule has 1 N–H and O–H groups in total. The molecule has 1 heterocycles. The van der Waals surface area contributed by atoms with Crippen LogP contribution in [0.4, 0.5) is 0 Å². The summed E-state index contributed by atoms with van der Waals surface area (Å²) in [6.07, 6.45) is 4.42. The van der Waals surface area contributed by atoms with Crippen molar-refractivity contribution in [3.05, 3.63) is 12.2 Å². The molecule has 0 amide bonds. The predicted molar refractivity (Wildman–Crippen MR) is 67.7 cm³/mol. The number of rotatable bonds is 1. The third-order valence-corrected chi connectivity index (χ3v) is 5.55. The first-order valence-electron chi connectivity index (χ1n) is 6.96. The van der Waals surface area contributed by atoms with Crippen molar-refractivity contribution in [2.75, 3.05) is 0 Å². The first kappa shape index (κ1) is 11.7. The van der Waals surface area contributed by atoms with Gasteiger partial charge in [0.25, 0.3) is 0 Å². The fraction of sp³-hybridized carbons (Fsp3) is 0.867. The van der Waals surface area contributed by atoms with Crippen molar-refractivity contribution in [1.82, 2.24) is 0 Å². The van der Waals surface area contributed by atoms with E-state index in [-0.39, 0.29) is 17.6 Å². The fourth-order valence-electron chi connectivity index (χ4n) is 4.30. The van der Waals surface area contributed by atoms with Gasteiger partial charge in [0.2, 0.25) is 0 Å². The van der Waals surface area contributed by atoms with Crippen LogP contribution in [0, 0.1) is 17.8 Å². The van der Waals surface area contributed by atoms with Gasteiger partial charge in [-0.2, -0.15) is 0 Å². The summed E-state index contributed by atoms with van der Waals surface area (Å²) < 4.78 is 6.10. The van der Waals surface area contributed by atoms with E-state index in [0.29, 0.717) is 11.8 Å². The Labute approximate surface area is 104 Å². The lowest BCUT2D eigenvalue weighted by molar-refractivity contribution is 0.00193. The molecule has 0 spiro atoms. The van der Waals surface area contributed by atoms with Gasteiger partial charge in [-0.3, -0.25) is 0 Å². The van der Waals surface area contributed by atoms with E-state index in [0.717, 1.165) is 25.7 Å². The molecule has 0 aromatic carbocycles. The maximum atomic E-state index is 10.6. The Balaban J connectivity index is 1.96. The summed E-state index contributed by atoms with van der Waals surface area (Å²) in [6.45, 7) is 10.7. The molecule has 2 heteroatoms. The molecule has 17 heavy (non-hydrogen) atoms. The quantitative estimate of drug-likeness (QED) is 0.561. The van der Waals surface area contributed by atoms with Crippen LogP contribution in [0.2, 0.25) is 0 Å². The van der Waals surface area contributed by atoms with Gasteiger partial charge < -0.3 is 9.84 Å². The molecule has 5 atom stereocenters. The summed E-state index contributed by atoms with van der Waals surface area (Å²) in [5.41, 5.74) is 0.833. The van der Waals surface area contributed by atoms with E-state index in [4.69, 9.17) is 4.74 Å². The highest BCUT2D eigenvalue weighted by atomic mass is 16.6. The Kier molecular flexibility index (Phi) is 2.32. The molecule has 2 nitrogen and oxygen atoms in total. The van der Waals surface area contributed by atoms with Gasteiger partial charge in [-0.15, -0.1) is 0 Å². The zero-order valence-electron chi connectivity index (χ0n) is 11.2. The summed E-state index contributed by atoms with van der Waals surface area (Å²) in [5, 5.41) is 10.6. The predicted octanol–water partition coefficient (Wildman–Crippen LogP) is 2.91. The number of ether oxygens (including phenoxy) is 1. The number of epoxide rings is 1. The maximum Gasteiger partial charge on any atom is 0.0978 e. The van der Waals surface area contributed by atoms with Gasteiger partial charge in [0.05, 0.1) is 17.3 Å². The monoisotopic (exact) mass is 236 g/mol. The lowest BCUT2D eigenvalue weighted by Crippen LogP contribution is -2.38. The van der Waals surface area contributed by atoms with Crippen LogP contribution in [0.25, 0.3) is 0 Å². The molecular weight excluding hydrogens is 212 g/mol. The van der Waals surface area contributed by atoms with Gasteiger partial charge in [-0.1, -0.05) is 26.0 Å². The molecule has 0 aromatic rings. The van der Waals surface area contributed by atoms with Crippen LogP contribution in [0.15, 0.2) is 12.2 Å². The second-order valence-corrected chi connectivity index (χ2v) is 6.83. The van der Waals surface area contributed by atoms with Crippen molar-refractivity contribution in [2.45, 2.75) is 63.8 Å². The number of hydrogen-bond acceptors (Lipinski definition) is 2. The lowest BCUT2D eigenvalue weighted by Gasteiger charge is -2.28. The van der Waals surface area contributed by atoms with E-state index in [1.54, 1.807) is 0 Å². The van der Waals surface area contributed by atoms with Crippen molar-refractivity contribution in [3.63, 3.8) is 0 Å². The van der Waals surface area contributed by atoms with Crippen LogP contribution < -0.4 is 0 Å². The highest BCUT2D eigenvalue weighted by molar-refractivity contribution is 5.23. The average molecular weight is 236 g/mol. The third kappa shape index (κ3) is 1.47. The van der Waals surface area contributed by atoms with Gasteiger partial charge in [-0.05, 0) is 44.4 Å². The summed E-state index contributed by atoms with van der Waals surface area (Å²) >= 11 is 0. The second-order valence-electron chi connectivity index (χ2n) is 6.83. The van der Waals surface area contributed by atoms with E-state index in [2.05, 4.69) is 20.4 Å². The standard InChI is InChI=1S/C15H24O2/c1-9(2)15-8-5-10(3)11-6-7-14(4,16)12(11)13(15)17-15/h9,11-13,16H,3,5-8H2,1-2,4H3/t11-,12?,13-,14-,15-/m0/s1. The molecule has 0 radical (unpaired) electrons. The van der Waals surface area contributed by atoms with E-state index in [9.17, 15) is 5.11 Å². The van der Waals surface area contributed by atoms with Crippen LogP contribution in [0.3, 0.4) is 0 Å². The van der Waals surface area contributed by atoms with Crippen molar-refractivity contribution >= 4 is 0 Å². The summed E-state index contributed by atoms with van der Waals surface area (Å²) in [5.74, 6) is 1.30. The molecule has 1 saturated heterocycles. The largest absolute Gasteiger partial charge is 0.390 e. The zero-order chi connectivity index (χ0) is 12.4. The minimum absolute atomic E-state index is 0.0384. The summed E-state index contributed by atoms with van der Waals surface area (Å²) in [7, 11) is 0. The normalized spacial score (nSPS) is 53.2. The lowest BCUT2D eigenvalue weighted by atomic mass is 9.77. The van der Waals surface area contributed by atoms with Crippen molar-refractivity contribution < 1.29 is 9.84 Å². The first-order valence-corrected chi connectivity index (χ1v) is 6.96. The van der Waals surface area contributed by atoms with Gasteiger partial charge in [0.1, 0.15) is 0 Å². The van der Waals surface area contributed by atoms with Gasteiger partial charge in [0.15, 0.2) is 0 Å². The van der Waals surface area contributed by atoms with Crippen LogP contribution in [0.1, 0.15) is 46.5 Å². The van der Waals surface area contributed by atoms with Crippen molar-refractivity contribution in [3.8, 4) is 0 Å². The molecule has 3 aliphatic rings. The molecule has 2 aliphatic carbocycles. The van der Waals surface area contributed by atoms with Crippen molar-refractivity contribution in [2.24, 2.45) is 17.8 Å². The Morgan fingerprint density at radius 3 is 2.76 bits per heavy atom. The molecular formula is C15H24O2. The number of aliphatic hydroxyl groups is 1. The van der Waals surface area contributed by atoms with E-state index < -0.39 is 5.60 Å². The molecule has 1 unspecified atom stereocenters. The number of fused-ring (bicyclic) bond motifs is 3. The molecule has 3 fully saturated rings. The minimum atomic E-state index is -0.556. The Bertz CT molecular complexity index is 358. The van der Waals surface area contributed by atoms with Crippen LogP contribution in [-0.2, 0) is 4.74 Å². The minimum Gasteiger partial charge on any atom is -0.390 e. The SMILES string of the molecule is C=C1CC[C@@]2(C(C)C)O[C@H]2C2[C@H]1CC[C@]2(C)O. The van der Waals surface area contributed by atoms with E-state index in [1.807, 2.05) is 6.92 Å². The second kappa shape index (κ2) is 3.36. The molecule has 3 rings (SSSR count). The van der Waals surface area contributed by atoms with Crippen LogP contribution in [0.5, 0.6) is 0 Å². The average Bonchev–Trinajstić information content (AvgIpc) is 2.88. The summed E-state index contributed by atoms with van der Waals surface area (Å²) in [4.78, 5) is 0. The Hall–Kier alpha value is -0.340. The van der Waals surface area contributed by atoms with Crippen LogP contribution >= 0.6 is 0 Å². The topological polar surface area (TPSA) is 32.8 Å². The Morgan fingerprint density at radius 2 is 2.12 bits per heavy atom. The molecule has 0 bridgehead atoms. The van der Waals surface area contributed by atoms with Crippen LogP contribution in [-0.4, -0.2) is 22.4 Å². The smallest absolute Gasteiger partial charge is 0.0978 e. The number of hydrogen-bond donors (Lipinski definition) is 1. The van der Waals surface area contributed by atoms with Gasteiger partial charge >= 0.3 is 0 Å². The van der Waals surface area contributed by atoms with Gasteiger partial charge in [0, 0.05) is 5.92 Å². The van der Waals surface area contributed by atoms with Gasteiger partial charge in [-0.25, -0.2) is 0 Å². The maximum absolute atomic E-state index is 10.6. The number of allylic oxidation sites excluding steroid dienone is 1. The third-order valence-electron chi connectivity index (χ3n) is 5.55. The summed E-state index contributed by atoms with van der Waals surface area (Å²) in [6, 6.07) is 0. The molecule has 1 aliphatic heterocycles. The van der Waals surface area contributed by atoms with E-state index in [1.165, 1.54) is 5.57 Å². The highest BCUT2D eigenvalue weighted by Crippen LogP contribution is 2.61. The highest BCUT2D eigenvalue weighted by Gasteiger charge is 2.68. The van der Waals surface area contributed by atoms with E-state index >= 15 is 0 Å².